The number of ether oxygens (including phenoxy) is 1. The van der Waals surface area contributed by atoms with Gasteiger partial charge in [-0.15, -0.1) is 0 Å². The van der Waals surface area contributed by atoms with Crippen LogP contribution < -0.4 is 5.32 Å². The Balaban J connectivity index is 1.33. The van der Waals surface area contributed by atoms with E-state index in [4.69, 9.17) is 4.74 Å². The Labute approximate surface area is 191 Å². The van der Waals surface area contributed by atoms with Crippen molar-refractivity contribution in [2.45, 2.75) is 63.5 Å². The fourth-order valence-corrected chi connectivity index (χ4v) is 4.73. The number of aliphatic hydroxyl groups excluding tert-OH is 4. The first-order valence-corrected chi connectivity index (χ1v) is 12.0. The van der Waals surface area contributed by atoms with Crippen LogP contribution in [0.5, 0.6) is 0 Å². The summed E-state index contributed by atoms with van der Waals surface area (Å²) < 4.78 is 5.44. The summed E-state index contributed by atoms with van der Waals surface area (Å²) in [5, 5.41) is 42.8. The highest BCUT2D eigenvalue weighted by Gasteiger charge is 2.40. The van der Waals surface area contributed by atoms with Gasteiger partial charge in [0.05, 0.1) is 32.0 Å². The number of anilines is 1. The number of nitrogens with one attached hydrogen (secondary N) is 1. The van der Waals surface area contributed by atoms with Gasteiger partial charge in [-0.1, -0.05) is 18.9 Å². The molecule has 1 aromatic rings. The summed E-state index contributed by atoms with van der Waals surface area (Å²) in [6.45, 7) is 8.40. The first kappa shape index (κ1) is 25.4. The van der Waals surface area contributed by atoms with E-state index in [1.165, 1.54) is 16.8 Å². The molecule has 32 heavy (non-hydrogen) atoms. The van der Waals surface area contributed by atoms with Crippen molar-refractivity contribution in [1.82, 2.24) is 9.80 Å². The summed E-state index contributed by atoms with van der Waals surface area (Å²) in [7, 11) is 0. The first-order chi connectivity index (χ1) is 15.5. The van der Waals surface area contributed by atoms with Crippen molar-refractivity contribution in [3.8, 4) is 0 Å². The van der Waals surface area contributed by atoms with Crippen LogP contribution in [0.25, 0.3) is 0 Å². The molecule has 1 aromatic carbocycles. The molecule has 2 aliphatic rings. The Kier molecular flexibility index (Phi) is 10.2. The highest BCUT2D eigenvalue weighted by atomic mass is 16.5. The highest BCUT2D eigenvalue weighted by molar-refractivity contribution is 5.48. The second-order valence-electron chi connectivity index (χ2n) is 9.23. The van der Waals surface area contributed by atoms with Crippen LogP contribution in [-0.2, 0) is 11.3 Å². The summed E-state index contributed by atoms with van der Waals surface area (Å²) in [6, 6.07) is 6.19. The minimum absolute atomic E-state index is 0.223. The van der Waals surface area contributed by atoms with Crippen LogP contribution >= 0.6 is 0 Å². The number of aryl methyl sites for hydroxylation is 1. The molecule has 4 atom stereocenters. The molecule has 0 aliphatic carbocycles. The Morgan fingerprint density at radius 3 is 2.50 bits per heavy atom. The molecule has 0 bridgehead atoms. The SMILES string of the molecule is Cc1cc(CN2CCOCC2)cc(NCCCCCCN2C[C@H](O)[C@@H](O)[C@H](O)[C@H]2CO)c1. The average molecular weight is 452 g/mol. The van der Waals surface area contributed by atoms with Crippen LogP contribution in [0.15, 0.2) is 18.2 Å². The van der Waals surface area contributed by atoms with E-state index in [1.807, 2.05) is 4.90 Å². The molecular weight excluding hydrogens is 410 g/mol. The zero-order valence-corrected chi connectivity index (χ0v) is 19.3. The second kappa shape index (κ2) is 12.8. The summed E-state index contributed by atoms with van der Waals surface area (Å²) in [5.41, 5.74) is 3.78. The number of hydrogen-bond donors (Lipinski definition) is 5. The number of morpholine rings is 1. The molecule has 2 heterocycles. The van der Waals surface area contributed by atoms with Crippen LogP contribution in [0.1, 0.15) is 36.8 Å². The summed E-state index contributed by atoms with van der Waals surface area (Å²) in [5.74, 6) is 0. The van der Waals surface area contributed by atoms with E-state index in [-0.39, 0.29) is 13.2 Å². The maximum atomic E-state index is 10.1. The van der Waals surface area contributed by atoms with Gasteiger partial charge in [-0.05, 0) is 49.6 Å². The molecule has 3 rings (SSSR count). The molecule has 0 saturated carbocycles. The maximum absolute atomic E-state index is 10.1. The van der Waals surface area contributed by atoms with Gasteiger partial charge in [0.1, 0.15) is 12.2 Å². The van der Waals surface area contributed by atoms with Crippen LogP contribution in [0.4, 0.5) is 5.69 Å². The molecule has 0 spiro atoms. The molecule has 0 aromatic heterocycles. The van der Waals surface area contributed by atoms with Crippen molar-refractivity contribution >= 4 is 5.69 Å². The van der Waals surface area contributed by atoms with E-state index in [0.717, 1.165) is 65.1 Å². The number of likely N-dealkylation sites (tertiary alicyclic amines) is 1. The number of β-amino-alcohol motifs (C(OH)–C–C–N with tert-alkyl or cyclic N) is 1. The van der Waals surface area contributed by atoms with Crippen molar-refractivity contribution in [2.75, 3.05) is 57.9 Å². The van der Waals surface area contributed by atoms with Gasteiger partial charge in [-0.25, -0.2) is 0 Å². The number of hydrogen-bond acceptors (Lipinski definition) is 8. The van der Waals surface area contributed by atoms with Crippen LogP contribution in [0.3, 0.4) is 0 Å². The highest BCUT2D eigenvalue weighted by Crippen LogP contribution is 2.20. The van der Waals surface area contributed by atoms with E-state index < -0.39 is 24.4 Å². The Morgan fingerprint density at radius 2 is 1.75 bits per heavy atom. The number of unbranched alkanes of at least 4 members (excludes halogenated alkanes) is 3. The third-order valence-corrected chi connectivity index (χ3v) is 6.56. The molecule has 2 fully saturated rings. The molecule has 2 saturated heterocycles. The van der Waals surface area contributed by atoms with Crippen molar-refractivity contribution in [1.29, 1.82) is 0 Å². The number of aliphatic hydroxyl groups is 4. The van der Waals surface area contributed by atoms with Crippen LogP contribution in [-0.4, -0.2) is 107 Å². The molecule has 0 radical (unpaired) electrons. The van der Waals surface area contributed by atoms with Gasteiger partial charge in [0, 0.05) is 38.4 Å². The Hall–Kier alpha value is -1.26. The van der Waals surface area contributed by atoms with Gasteiger partial charge in [0.25, 0.3) is 0 Å². The first-order valence-electron chi connectivity index (χ1n) is 12.0. The third kappa shape index (κ3) is 7.38. The summed E-state index contributed by atoms with van der Waals surface area (Å²) in [4.78, 5) is 4.33. The van der Waals surface area contributed by atoms with E-state index in [2.05, 4.69) is 35.3 Å². The van der Waals surface area contributed by atoms with Gasteiger partial charge in [0.15, 0.2) is 0 Å². The molecule has 8 heteroatoms. The van der Waals surface area contributed by atoms with Crippen molar-refractivity contribution in [3.63, 3.8) is 0 Å². The second-order valence-corrected chi connectivity index (χ2v) is 9.23. The third-order valence-electron chi connectivity index (χ3n) is 6.56. The summed E-state index contributed by atoms with van der Waals surface area (Å²) in [6.07, 6.45) is 0.854. The predicted octanol–water partition coefficient (Wildman–Crippen LogP) is 0.559. The molecule has 8 nitrogen and oxygen atoms in total. The van der Waals surface area contributed by atoms with E-state index >= 15 is 0 Å². The molecule has 182 valence electrons. The minimum Gasteiger partial charge on any atom is -0.395 e. The average Bonchev–Trinajstić information content (AvgIpc) is 2.77. The van der Waals surface area contributed by atoms with E-state index in [1.54, 1.807) is 0 Å². The predicted molar refractivity (Wildman–Crippen MR) is 125 cm³/mol. The number of rotatable bonds is 11. The largest absolute Gasteiger partial charge is 0.395 e. The lowest BCUT2D eigenvalue weighted by atomic mass is 9.94. The smallest absolute Gasteiger partial charge is 0.109 e. The molecule has 0 unspecified atom stereocenters. The number of benzene rings is 1. The van der Waals surface area contributed by atoms with Gasteiger partial charge >= 0.3 is 0 Å². The molecule has 0 amide bonds. The van der Waals surface area contributed by atoms with Crippen LogP contribution in [0.2, 0.25) is 0 Å². The lowest BCUT2D eigenvalue weighted by Gasteiger charge is -2.43. The summed E-state index contributed by atoms with van der Waals surface area (Å²) >= 11 is 0. The Bertz CT molecular complexity index is 686. The fraction of sp³-hybridized carbons (Fsp3) is 0.750. The van der Waals surface area contributed by atoms with Crippen molar-refractivity contribution < 1.29 is 25.2 Å². The zero-order chi connectivity index (χ0) is 22.9. The van der Waals surface area contributed by atoms with Gasteiger partial charge in [0.2, 0.25) is 0 Å². The van der Waals surface area contributed by atoms with E-state index in [9.17, 15) is 20.4 Å². The van der Waals surface area contributed by atoms with Gasteiger partial charge in [-0.2, -0.15) is 0 Å². The van der Waals surface area contributed by atoms with Crippen molar-refractivity contribution in [3.05, 3.63) is 29.3 Å². The normalized spacial score (nSPS) is 27.5. The molecular formula is C24H41N3O5. The van der Waals surface area contributed by atoms with Crippen molar-refractivity contribution in [2.24, 2.45) is 0 Å². The topological polar surface area (TPSA) is 109 Å². The molecule has 2 aliphatic heterocycles. The van der Waals surface area contributed by atoms with Crippen LogP contribution in [0, 0.1) is 6.92 Å². The van der Waals surface area contributed by atoms with E-state index in [0.29, 0.717) is 6.54 Å². The van der Waals surface area contributed by atoms with Gasteiger partial charge in [-0.3, -0.25) is 9.80 Å². The quantitative estimate of drug-likeness (QED) is 0.311. The Morgan fingerprint density at radius 1 is 1.00 bits per heavy atom. The number of nitrogens with zero attached hydrogens (tertiary/aromatic N) is 2. The fourth-order valence-electron chi connectivity index (χ4n) is 4.73. The molecule has 5 N–H and O–H groups in total. The minimum atomic E-state index is -1.19. The maximum Gasteiger partial charge on any atom is 0.109 e. The standard InChI is InChI=1S/C24H41N3O5/c1-18-12-19(15-26-8-10-32-11-9-26)14-20(13-18)25-6-4-2-3-5-7-27-16-22(29)24(31)23(30)21(27)17-28/h12-14,21-25,28-31H,2-11,15-17H2,1H3/t21-,22+,23-,24-/m1/s1. The zero-order valence-electron chi connectivity index (χ0n) is 19.3. The lowest BCUT2D eigenvalue weighted by molar-refractivity contribution is -0.145. The number of piperidine rings is 1. The monoisotopic (exact) mass is 451 g/mol. The lowest BCUT2D eigenvalue weighted by Crippen LogP contribution is -2.62. The van der Waals surface area contributed by atoms with Gasteiger partial charge < -0.3 is 30.5 Å².